The van der Waals surface area contributed by atoms with Crippen LogP contribution in [0.1, 0.15) is 33.1 Å². The van der Waals surface area contributed by atoms with Crippen molar-refractivity contribution in [3.63, 3.8) is 0 Å². The molecular weight excluding hydrogens is 220 g/mol. The van der Waals surface area contributed by atoms with Crippen LogP contribution in [-0.2, 0) is 9.53 Å². The van der Waals surface area contributed by atoms with Crippen molar-refractivity contribution in [3.05, 3.63) is 0 Å². The van der Waals surface area contributed by atoms with Crippen LogP contribution in [0.25, 0.3) is 0 Å². The molecule has 0 aromatic carbocycles. The van der Waals surface area contributed by atoms with E-state index in [2.05, 4.69) is 5.32 Å². The molecule has 1 saturated carbocycles. The van der Waals surface area contributed by atoms with Gasteiger partial charge in [-0.25, -0.2) is 0 Å². The Bertz CT molecular complexity index is 240. The summed E-state index contributed by atoms with van der Waals surface area (Å²) in [4.78, 5) is 11.5. The third kappa shape index (κ3) is 5.02. The number of rotatable bonds is 7. The van der Waals surface area contributed by atoms with Gasteiger partial charge in [0.25, 0.3) is 0 Å². The first-order valence-electron chi connectivity index (χ1n) is 6.34. The fraction of sp³-hybridized carbons (Fsp3) is 0.917. The first-order valence-corrected chi connectivity index (χ1v) is 6.34. The van der Waals surface area contributed by atoms with E-state index in [9.17, 15) is 9.90 Å². The topological polar surface area (TPSA) is 84.6 Å². The van der Waals surface area contributed by atoms with Crippen LogP contribution in [0.3, 0.4) is 0 Å². The van der Waals surface area contributed by atoms with Gasteiger partial charge in [-0.15, -0.1) is 0 Å². The van der Waals surface area contributed by atoms with Crippen LogP contribution < -0.4 is 11.1 Å². The van der Waals surface area contributed by atoms with Gasteiger partial charge >= 0.3 is 0 Å². The van der Waals surface area contributed by atoms with E-state index in [4.69, 9.17) is 10.5 Å². The summed E-state index contributed by atoms with van der Waals surface area (Å²) >= 11 is 0. The van der Waals surface area contributed by atoms with E-state index < -0.39 is 12.1 Å². The number of ether oxygens (including phenoxy) is 1. The molecule has 17 heavy (non-hydrogen) atoms. The highest BCUT2D eigenvalue weighted by Crippen LogP contribution is 2.32. The quantitative estimate of drug-likeness (QED) is 0.589. The number of carbonyl (C=O) groups excluding carboxylic acids is 1. The average molecular weight is 244 g/mol. The van der Waals surface area contributed by atoms with Gasteiger partial charge in [0, 0.05) is 25.6 Å². The Balaban J connectivity index is 2.07. The van der Waals surface area contributed by atoms with Crippen molar-refractivity contribution in [2.24, 2.45) is 11.7 Å². The molecule has 0 aromatic rings. The summed E-state index contributed by atoms with van der Waals surface area (Å²) in [5.41, 5.74) is 5.62. The molecule has 0 bridgehead atoms. The van der Waals surface area contributed by atoms with E-state index in [1.807, 2.05) is 6.92 Å². The number of nitrogens with two attached hydrogens (primary N) is 1. The van der Waals surface area contributed by atoms with Crippen LogP contribution in [0, 0.1) is 5.92 Å². The lowest BCUT2D eigenvalue weighted by Gasteiger charge is -2.34. The lowest BCUT2D eigenvalue weighted by atomic mass is 9.80. The molecule has 0 spiro atoms. The maximum atomic E-state index is 11.5. The number of hydrogen-bond donors (Lipinski definition) is 3. The van der Waals surface area contributed by atoms with E-state index in [0.29, 0.717) is 25.0 Å². The molecule has 1 aliphatic rings. The monoisotopic (exact) mass is 244 g/mol. The second kappa shape index (κ2) is 6.93. The first-order chi connectivity index (χ1) is 8.02. The highest BCUT2D eigenvalue weighted by atomic mass is 16.5. The molecule has 100 valence electrons. The van der Waals surface area contributed by atoms with Crippen LogP contribution in [0.5, 0.6) is 0 Å². The van der Waals surface area contributed by atoms with Gasteiger partial charge in [-0.1, -0.05) is 0 Å². The second-order valence-electron chi connectivity index (χ2n) is 4.83. The minimum absolute atomic E-state index is 0.0149. The molecule has 1 fully saturated rings. The van der Waals surface area contributed by atoms with E-state index in [0.717, 1.165) is 19.4 Å². The third-order valence-electron chi connectivity index (χ3n) is 3.22. The highest BCUT2D eigenvalue weighted by Gasteiger charge is 2.31. The van der Waals surface area contributed by atoms with Crippen LogP contribution >= 0.6 is 0 Å². The molecule has 0 saturated heterocycles. The third-order valence-corrected chi connectivity index (χ3v) is 3.22. The van der Waals surface area contributed by atoms with Crippen molar-refractivity contribution in [2.75, 3.05) is 13.2 Å². The Morgan fingerprint density at radius 1 is 1.59 bits per heavy atom. The van der Waals surface area contributed by atoms with Crippen molar-refractivity contribution in [1.82, 2.24) is 5.32 Å². The number of hydrogen-bond acceptors (Lipinski definition) is 4. The van der Waals surface area contributed by atoms with E-state index in [-0.39, 0.29) is 5.91 Å². The SMILES string of the molecule is CCOC1CC(CC(=O)NCC(N)C(C)O)C1. The van der Waals surface area contributed by atoms with Crippen LogP contribution in [0.4, 0.5) is 0 Å². The van der Waals surface area contributed by atoms with Gasteiger partial charge < -0.3 is 20.9 Å². The van der Waals surface area contributed by atoms with Crippen molar-refractivity contribution < 1.29 is 14.6 Å². The van der Waals surface area contributed by atoms with Crippen molar-refractivity contribution in [3.8, 4) is 0 Å². The van der Waals surface area contributed by atoms with Crippen LogP contribution in [-0.4, -0.2) is 42.4 Å². The van der Waals surface area contributed by atoms with Gasteiger partial charge in [-0.2, -0.15) is 0 Å². The molecule has 0 aromatic heterocycles. The normalized spacial score (nSPS) is 27.1. The summed E-state index contributed by atoms with van der Waals surface area (Å²) in [5.74, 6) is 0.454. The number of nitrogens with one attached hydrogen (secondary N) is 1. The zero-order valence-corrected chi connectivity index (χ0v) is 10.7. The smallest absolute Gasteiger partial charge is 0.220 e. The number of aliphatic hydroxyl groups is 1. The average Bonchev–Trinajstić information content (AvgIpc) is 2.22. The number of carbonyl (C=O) groups is 1. The predicted molar refractivity (Wildman–Crippen MR) is 65.4 cm³/mol. The summed E-state index contributed by atoms with van der Waals surface area (Å²) in [6.45, 7) is 4.68. The van der Waals surface area contributed by atoms with Gasteiger partial charge in [0.15, 0.2) is 0 Å². The molecule has 1 rings (SSSR count). The Morgan fingerprint density at radius 3 is 2.76 bits per heavy atom. The Morgan fingerprint density at radius 2 is 2.24 bits per heavy atom. The van der Waals surface area contributed by atoms with Gasteiger partial charge in [-0.3, -0.25) is 4.79 Å². The summed E-state index contributed by atoms with van der Waals surface area (Å²) < 4.78 is 5.43. The minimum atomic E-state index is -0.596. The number of aliphatic hydroxyl groups excluding tert-OH is 1. The summed E-state index contributed by atoms with van der Waals surface area (Å²) in [5, 5.41) is 11.9. The molecule has 5 heteroatoms. The summed E-state index contributed by atoms with van der Waals surface area (Å²) in [6.07, 6.45) is 2.24. The maximum Gasteiger partial charge on any atom is 0.220 e. The standard InChI is InChI=1S/C12H24N2O3/c1-3-17-10-4-9(5-10)6-12(16)14-7-11(13)8(2)15/h8-11,15H,3-7,13H2,1-2H3,(H,14,16). The minimum Gasteiger partial charge on any atom is -0.392 e. The highest BCUT2D eigenvalue weighted by molar-refractivity contribution is 5.76. The van der Waals surface area contributed by atoms with Crippen molar-refractivity contribution in [2.45, 2.75) is 51.4 Å². The van der Waals surface area contributed by atoms with E-state index in [1.165, 1.54) is 0 Å². The molecule has 0 radical (unpaired) electrons. The Labute approximate surface area is 103 Å². The summed E-state index contributed by atoms with van der Waals surface area (Å²) in [6, 6.07) is -0.392. The zero-order valence-electron chi connectivity index (χ0n) is 10.7. The Hall–Kier alpha value is -0.650. The molecule has 1 amide bonds. The molecule has 2 unspecified atom stereocenters. The predicted octanol–water partition coefficient (Wildman–Crippen LogP) is 0.0159. The van der Waals surface area contributed by atoms with Crippen molar-refractivity contribution >= 4 is 5.91 Å². The first kappa shape index (κ1) is 14.4. The lowest BCUT2D eigenvalue weighted by Crippen LogP contribution is -2.44. The van der Waals surface area contributed by atoms with Gasteiger partial charge in [-0.05, 0) is 32.6 Å². The second-order valence-corrected chi connectivity index (χ2v) is 4.83. The number of amides is 1. The van der Waals surface area contributed by atoms with Crippen molar-refractivity contribution in [1.29, 1.82) is 0 Å². The molecule has 0 heterocycles. The molecule has 1 aliphatic carbocycles. The van der Waals surface area contributed by atoms with Gasteiger partial charge in [0.1, 0.15) is 0 Å². The summed E-state index contributed by atoms with van der Waals surface area (Å²) in [7, 11) is 0. The molecule has 5 nitrogen and oxygen atoms in total. The fourth-order valence-corrected chi connectivity index (χ4v) is 1.95. The zero-order chi connectivity index (χ0) is 12.8. The van der Waals surface area contributed by atoms with E-state index >= 15 is 0 Å². The molecule has 4 N–H and O–H groups in total. The van der Waals surface area contributed by atoms with Crippen LogP contribution in [0.2, 0.25) is 0 Å². The van der Waals surface area contributed by atoms with Crippen LogP contribution in [0.15, 0.2) is 0 Å². The maximum absolute atomic E-state index is 11.5. The Kier molecular flexibility index (Phi) is 5.88. The molecule has 2 atom stereocenters. The largest absolute Gasteiger partial charge is 0.392 e. The van der Waals surface area contributed by atoms with Gasteiger partial charge in [0.2, 0.25) is 5.91 Å². The van der Waals surface area contributed by atoms with Gasteiger partial charge in [0.05, 0.1) is 12.2 Å². The molecule has 0 aliphatic heterocycles. The molecular formula is C12H24N2O3. The fourth-order valence-electron chi connectivity index (χ4n) is 1.95. The lowest BCUT2D eigenvalue weighted by molar-refractivity contribution is -0.124. The van der Waals surface area contributed by atoms with E-state index in [1.54, 1.807) is 6.92 Å².